The van der Waals surface area contributed by atoms with Crippen molar-refractivity contribution < 1.29 is 17.9 Å². The second kappa shape index (κ2) is 8.82. The van der Waals surface area contributed by atoms with Crippen molar-refractivity contribution in [2.24, 2.45) is 0 Å². The zero-order chi connectivity index (χ0) is 19.2. The van der Waals surface area contributed by atoms with Gasteiger partial charge >= 0.3 is 0 Å². The molecule has 0 bridgehead atoms. The Bertz CT molecular complexity index is 818. The van der Waals surface area contributed by atoms with Gasteiger partial charge in [0.05, 0.1) is 10.9 Å². The smallest absolute Gasteiger partial charge is 0.258 e. The first-order valence-electron chi connectivity index (χ1n) is 8.37. The third kappa shape index (κ3) is 5.86. The lowest BCUT2D eigenvalue weighted by atomic mass is 10.1. The molecule has 1 atom stereocenters. The molecule has 2 aromatic carbocycles. The lowest BCUT2D eigenvalue weighted by Crippen LogP contribution is -2.31. The van der Waals surface area contributed by atoms with E-state index in [4.69, 9.17) is 4.74 Å². The Hall–Kier alpha value is -2.38. The van der Waals surface area contributed by atoms with Gasteiger partial charge in [-0.05, 0) is 50.6 Å². The van der Waals surface area contributed by atoms with Gasteiger partial charge in [-0.15, -0.1) is 0 Å². The SMILES string of the molecule is CC(C)NS(=O)(=O)c1ccc(OCC(=O)N[C@H](C)c2ccccc2)cc1. The highest BCUT2D eigenvalue weighted by atomic mass is 32.2. The molecule has 0 spiro atoms. The maximum absolute atomic E-state index is 12.1. The largest absolute Gasteiger partial charge is 0.484 e. The molecule has 1 amide bonds. The number of rotatable bonds is 8. The van der Waals surface area contributed by atoms with Gasteiger partial charge in [0.2, 0.25) is 10.0 Å². The van der Waals surface area contributed by atoms with Crippen molar-refractivity contribution in [3.05, 3.63) is 60.2 Å². The Balaban J connectivity index is 1.88. The summed E-state index contributed by atoms with van der Waals surface area (Å²) in [5.41, 5.74) is 1.01. The van der Waals surface area contributed by atoms with Crippen LogP contribution in [0, 0.1) is 0 Å². The van der Waals surface area contributed by atoms with Crippen molar-refractivity contribution in [3.63, 3.8) is 0 Å². The third-order valence-electron chi connectivity index (χ3n) is 3.57. The molecule has 140 valence electrons. The average Bonchev–Trinajstić information content (AvgIpc) is 2.60. The van der Waals surface area contributed by atoms with Gasteiger partial charge < -0.3 is 10.1 Å². The number of hydrogen-bond donors (Lipinski definition) is 2. The molecule has 0 aliphatic rings. The fourth-order valence-corrected chi connectivity index (χ4v) is 3.60. The number of carbonyl (C=O) groups excluding carboxylic acids is 1. The predicted octanol–water partition coefficient (Wildman–Crippen LogP) is 2.63. The number of amides is 1. The summed E-state index contributed by atoms with van der Waals surface area (Å²) in [7, 11) is -3.54. The van der Waals surface area contributed by atoms with Crippen LogP contribution in [-0.2, 0) is 14.8 Å². The van der Waals surface area contributed by atoms with Crippen LogP contribution in [0.1, 0.15) is 32.4 Å². The number of benzene rings is 2. The standard InChI is InChI=1S/C19H24N2O4S/c1-14(2)21-26(23,24)18-11-9-17(10-12-18)25-13-19(22)20-15(3)16-7-5-4-6-8-16/h4-12,14-15,21H,13H2,1-3H3,(H,20,22)/t15-/m1/s1. The van der Waals surface area contributed by atoms with Crippen molar-refractivity contribution in [2.75, 3.05) is 6.61 Å². The minimum Gasteiger partial charge on any atom is -0.484 e. The third-order valence-corrected chi connectivity index (χ3v) is 5.25. The first-order chi connectivity index (χ1) is 12.3. The molecule has 2 N–H and O–H groups in total. The highest BCUT2D eigenvalue weighted by molar-refractivity contribution is 7.89. The number of ether oxygens (including phenoxy) is 1. The van der Waals surface area contributed by atoms with Crippen LogP contribution in [0.25, 0.3) is 0 Å². The Morgan fingerprint density at radius 2 is 1.62 bits per heavy atom. The second-order valence-corrected chi connectivity index (χ2v) is 7.95. The van der Waals surface area contributed by atoms with Crippen LogP contribution in [0.5, 0.6) is 5.75 Å². The van der Waals surface area contributed by atoms with Crippen LogP contribution >= 0.6 is 0 Å². The minimum absolute atomic E-state index is 0.123. The van der Waals surface area contributed by atoms with Gasteiger partial charge in [-0.1, -0.05) is 30.3 Å². The fourth-order valence-electron chi connectivity index (χ4n) is 2.35. The van der Waals surface area contributed by atoms with Gasteiger partial charge in [0.25, 0.3) is 5.91 Å². The Labute approximate surface area is 154 Å². The van der Waals surface area contributed by atoms with E-state index in [9.17, 15) is 13.2 Å². The number of hydrogen-bond acceptors (Lipinski definition) is 4. The molecular formula is C19H24N2O4S. The molecule has 0 saturated heterocycles. The van der Waals surface area contributed by atoms with Gasteiger partial charge in [-0.25, -0.2) is 13.1 Å². The van der Waals surface area contributed by atoms with E-state index in [2.05, 4.69) is 10.0 Å². The Morgan fingerprint density at radius 3 is 2.19 bits per heavy atom. The lowest BCUT2D eigenvalue weighted by molar-refractivity contribution is -0.123. The normalized spacial score (nSPS) is 12.6. The first kappa shape index (κ1) is 19.9. The van der Waals surface area contributed by atoms with Gasteiger partial charge in [0.1, 0.15) is 5.75 Å². The van der Waals surface area contributed by atoms with Crippen molar-refractivity contribution in [2.45, 2.75) is 37.8 Å². The number of carbonyl (C=O) groups is 1. The van der Waals surface area contributed by atoms with Gasteiger partial charge in [0, 0.05) is 6.04 Å². The molecule has 2 aromatic rings. The van der Waals surface area contributed by atoms with Crippen LogP contribution < -0.4 is 14.8 Å². The molecule has 0 aliphatic heterocycles. The maximum atomic E-state index is 12.1. The van der Waals surface area contributed by atoms with E-state index in [1.165, 1.54) is 24.3 Å². The molecule has 7 heteroatoms. The summed E-state index contributed by atoms with van der Waals surface area (Å²) in [6, 6.07) is 15.3. The molecule has 6 nitrogen and oxygen atoms in total. The molecule has 0 heterocycles. The lowest BCUT2D eigenvalue weighted by Gasteiger charge is -2.15. The van der Waals surface area contributed by atoms with E-state index < -0.39 is 10.0 Å². The van der Waals surface area contributed by atoms with E-state index in [0.717, 1.165) is 5.56 Å². The van der Waals surface area contributed by atoms with Gasteiger partial charge in [0.15, 0.2) is 6.61 Å². The number of nitrogens with one attached hydrogen (secondary N) is 2. The van der Waals surface area contributed by atoms with Crippen molar-refractivity contribution >= 4 is 15.9 Å². The zero-order valence-electron chi connectivity index (χ0n) is 15.1. The molecule has 0 aromatic heterocycles. The Kier molecular flexibility index (Phi) is 6.76. The molecule has 0 unspecified atom stereocenters. The molecule has 0 radical (unpaired) electrons. The summed E-state index contributed by atoms with van der Waals surface area (Å²) in [5, 5.41) is 2.85. The van der Waals surface area contributed by atoms with E-state index >= 15 is 0 Å². The molecule has 0 fully saturated rings. The van der Waals surface area contributed by atoms with Crippen LogP contribution in [0.2, 0.25) is 0 Å². The Morgan fingerprint density at radius 1 is 1.00 bits per heavy atom. The van der Waals surface area contributed by atoms with Crippen LogP contribution in [0.3, 0.4) is 0 Å². The monoisotopic (exact) mass is 376 g/mol. The van der Waals surface area contributed by atoms with Crippen LogP contribution in [-0.4, -0.2) is 27.0 Å². The summed E-state index contributed by atoms with van der Waals surface area (Å²) < 4.78 is 32.1. The summed E-state index contributed by atoms with van der Waals surface area (Å²) >= 11 is 0. The quantitative estimate of drug-likeness (QED) is 0.742. The van der Waals surface area contributed by atoms with Crippen LogP contribution in [0.15, 0.2) is 59.5 Å². The molecule has 0 aliphatic carbocycles. The van der Waals surface area contributed by atoms with Crippen molar-refractivity contribution in [3.8, 4) is 5.75 Å². The zero-order valence-corrected chi connectivity index (χ0v) is 15.9. The van der Waals surface area contributed by atoms with E-state index in [1.807, 2.05) is 37.3 Å². The van der Waals surface area contributed by atoms with Crippen molar-refractivity contribution in [1.29, 1.82) is 0 Å². The highest BCUT2D eigenvalue weighted by Crippen LogP contribution is 2.16. The van der Waals surface area contributed by atoms with Crippen LogP contribution in [0.4, 0.5) is 0 Å². The van der Waals surface area contributed by atoms with E-state index in [-0.39, 0.29) is 29.5 Å². The topological polar surface area (TPSA) is 84.5 Å². The average molecular weight is 376 g/mol. The van der Waals surface area contributed by atoms with E-state index in [1.54, 1.807) is 13.8 Å². The number of sulfonamides is 1. The summed E-state index contributed by atoms with van der Waals surface area (Å²) in [6.07, 6.45) is 0. The fraction of sp³-hybridized carbons (Fsp3) is 0.316. The van der Waals surface area contributed by atoms with Crippen molar-refractivity contribution in [1.82, 2.24) is 10.0 Å². The second-order valence-electron chi connectivity index (χ2n) is 6.24. The van der Waals surface area contributed by atoms with Gasteiger partial charge in [-0.3, -0.25) is 4.79 Å². The first-order valence-corrected chi connectivity index (χ1v) is 9.86. The van der Waals surface area contributed by atoms with E-state index in [0.29, 0.717) is 5.75 Å². The summed E-state index contributed by atoms with van der Waals surface area (Å²) in [4.78, 5) is 12.2. The predicted molar refractivity (Wildman–Crippen MR) is 100 cm³/mol. The maximum Gasteiger partial charge on any atom is 0.258 e. The molecule has 2 rings (SSSR count). The molecule has 26 heavy (non-hydrogen) atoms. The molecular weight excluding hydrogens is 352 g/mol. The molecule has 0 saturated carbocycles. The summed E-state index contributed by atoms with van der Waals surface area (Å²) in [6.45, 7) is 5.26. The summed E-state index contributed by atoms with van der Waals surface area (Å²) in [5.74, 6) is 0.176. The van der Waals surface area contributed by atoms with Gasteiger partial charge in [-0.2, -0.15) is 0 Å². The minimum atomic E-state index is -3.54. The highest BCUT2D eigenvalue weighted by Gasteiger charge is 2.15.